The third-order valence-corrected chi connectivity index (χ3v) is 7.63. The van der Waals surface area contributed by atoms with Crippen molar-refractivity contribution >= 4 is 17.7 Å². The van der Waals surface area contributed by atoms with Crippen molar-refractivity contribution in [2.45, 2.75) is 44.2 Å². The Labute approximate surface area is 177 Å². The van der Waals surface area contributed by atoms with Crippen molar-refractivity contribution in [2.24, 2.45) is 5.92 Å². The molecular formula is C22H33N3O3S. The van der Waals surface area contributed by atoms with Crippen LogP contribution in [0.4, 0.5) is 0 Å². The number of carbonyl (C=O) groups is 1. The molecule has 4 atom stereocenters. The molecule has 0 radical (unpaired) electrons. The van der Waals surface area contributed by atoms with Gasteiger partial charge in [-0.2, -0.15) is 11.8 Å². The first kappa shape index (κ1) is 20.9. The van der Waals surface area contributed by atoms with E-state index in [9.17, 15) is 9.59 Å². The van der Waals surface area contributed by atoms with Crippen LogP contribution < -0.4 is 5.56 Å². The summed E-state index contributed by atoms with van der Waals surface area (Å²) < 4.78 is 7.20. The second-order valence-electron chi connectivity index (χ2n) is 8.54. The van der Waals surface area contributed by atoms with Crippen LogP contribution in [0.3, 0.4) is 0 Å². The topological polar surface area (TPSA) is 54.8 Å². The molecule has 0 aromatic carbocycles. The first-order chi connectivity index (χ1) is 14.1. The van der Waals surface area contributed by atoms with Gasteiger partial charge in [0, 0.05) is 62.6 Å². The van der Waals surface area contributed by atoms with Gasteiger partial charge in [-0.05, 0) is 31.1 Å². The van der Waals surface area contributed by atoms with Gasteiger partial charge in [0.15, 0.2) is 0 Å². The molecule has 2 fully saturated rings. The molecular weight excluding hydrogens is 386 g/mol. The van der Waals surface area contributed by atoms with Gasteiger partial charge in [-0.3, -0.25) is 14.2 Å². The molecule has 2 bridgehead atoms. The number of hydrogen-bond donors (Lipinski definition) is 0. The number of pyridine rings is 1. The summed E-state index contributed by atoms with van der Waals surface area (Å²) in [5.74, 6) is 2.91. The van der Waals surface area contributed by atoms with Gasteiger partial charge in [-0.1, -0.05) is 13.0 Å². The van der Waals surface area contributed by atoms with E-state index in [1.807, 2.05) is 27.3 Å². The van der Waals surface area contributed by atoms with Crippen molar-refractivity contribution in [3.05, 3.63) is 34.2 Å². The first-order valence-electron chi connectivity index (χ1n) is 10.9. The van der Waals surface area contributed by atoms with Gasteiger partial charge in [-0.15, -0.1) is 0 Å². The molecule has 0 spiro atoms. The monoisotopic (exact) mass is 419 g/mol. The molecule has 0 unspecified atom stereocenters. The molecule has 7 heteroatoms. The summed E-state index contributed by atoms with van der Waals surface area (Å²) in [4.78, 5) is 31.1. The van der Waals surface area contributed by atoms with Crippen LogP contribution in [0.2, 0.25) is 0 Å². The number of methoxy groups -OCH3 is 1. The summed E-state index contributed by atoms with van der Waals surface area (Å²) in [6.07, 6.45) is 2.99. The highest BCUT2D eigenvalue weighted by Gasteiger charge is 2.46. The number of fused-ring (bicyclic) bond motifs is 4. The van der Waals surface area contributed by atoms with E-state index in [2.05, 4.69) is 17.9 Å². The van der Waals surface area contributed by atoms with Crippen LogP contribution in [-0.2, 0) is 9.53 Å². The van der Waals surface area contributed by atoms with Crippen LogP contribution in [0.5, 0.6) is 0 Å². The van der Waals surface area contributed by atoms with Crippen molar-refractivity contribution < 1.29 is 9.53 Å². The molecule has 0 saturated carbocycles. The number of rotatable bonds is 7. The second-order valence-corrected chi connectivity index (χ2v) is 9.93. The summed E-state index contributed by atoms with van der Waals surface area (Å²) in [5.41, 5.74) is 1.01. The zero-order valence-corrected chi connectivity index (χ0v) is 18.4. The SMILES string of the molecule is CCSCCN1C[C@H]2C[C@@H](C1)[C@H](C(=O)N1CCC[C@H]1COC)n1c2cccc1=O. The molecule has 6 nitrogen and oxygen atoms in total. The lowest BCUT2D eigenvalue weighted by Gasteiger charge is -2.47. The number of carbonyl (C=O) groups excluding carboxylic acids is 1. The third-order valence-electron chi connectivity index (χ3n) is 6.75. The number of ether oxygens (including phenoxy) is 1. The predicted molar refractivity (Wildman–Crippen MR) is 117 cm³/mol. The van der Waals surface area contributed by atoms with E-state index in [-0.39, 0.29) is 29.5 Å². The molecule has 29 heavy (non-hydrogen) atoms. The highest BCUT2D eigenvalue weighted by atomic mass is 32.2. The first-order valence-corrected chi connectivity index (χ1v) is 12.1. The Bertz CT molecular complexity index is 783. The zero-order valence-electron chi connectivity index (χ0n) is 17.6. The maximum absolute atomic E-state index is 13.8. The molecule has 1 aromatic rings. The molecule has 4 heterocycles. The Hall–Kier alpha value is -1.31. The predicted octanol–water partition coefficient (Wildman–Crippen LogP) is 2.20. The maximum atomic E-state index is 13.8. The van der Waals surface area contributed by atoms with Gasteiger partial charge >= 0.3 is 0 Å². The normalized spacial score (nSPS) is 29.1. The third kappa shape index (κ3) is 4.14. The lowest BCUT2D eigenvalue weighted by molar-refractivity contribution is -0.140. The molecule has 1 aromatic heterocycles. The summed E-state index contributed by atoms with van der Waals surface area (Å²) in [7, 11) is 1.69. The Morgan fingerprint density at radius 3 is 2.97 bits per heavy atom. The number of thioether (sulfide) groups is 1. The molecule has 3 aliphatic rings. The van der Waals surface area contributed by atoms with E-state index in [4.69, 9.17) is 4.74 Å². The lowest BCUT2D eigenvalue weighted by atomic mass is 9.78. The minimum Gasteiger partial charge on any atom is -0.383 e. The van der Waals surface area contributed by atoms with Crippen LogP contribution in [0.1, 0.15) is 43.8 Å². The van der Waals surface area contributed by atoms with Gasteiger partial charge in [-0.25, -0.2) is 0 Å². The number of piperidine rings is 1. The molecule has 0 N–H and O–H groups in total. The Morgan fingerprint density at radius 1 is 1.31 bits per heavy atom. The van der Waals surface area contributed by atoms with E-state index in [0.29, 0.717) is 12.5 Å². The molecule has 160 valence electrons. The van der Waals surface area contributed by atoms with Crippen molar-refractivity contribution in [3.63, 3.8) is 0 Å². The van der Waals surface area contributed by atoms with Crippen molar-refractivity contribution in [3.8, 4) is 0 Å². The minimum atomic E-state index is -0.381. The summed E-state index contributed by atoms with van der Waals surface area (Å²) in [6, 6.07) is 5.27. The molecule has 0 aliphatic carbocycles. The summed E-state index contributed by atoms with van der Waals surface area (Å²) >= 11 is 1.97. The molecule has 2 saturated heterocycles. The summed E-state index contributed by atoms with van der Waals surface area (Å²) in [6.45, 7) is 6.48. The number of likely N-dealkylation sites (tertiary alicyclic amines) is 2. The molecule has 4 rings (SSSR count). The number of nitrogens with zero attached hydrogens (tertiary/aromatic N) is 3. The highest BCUT2D eigenvalue weighted by molar-refractivity contribution is 7.99. The van der Waals surface area contributed by atoms with Gasteiger partial charge in [0.2, 0.25) is 5.91 Å². The number of hydrogen-bond acceptors (Lipinski definition) is 5. The smallest absolute Gasteiger partial charge is 0.251 e. The highest BCUT2D eigenvalue weighted by Crippen LogP contribution is 2.42. The Morgan fingerprint density at radius 2 is 2.17 bits per heavy atom. The molecule has 3 aliphatic heterocycles. The Balaban J connectivity index is 1.64. The van der Waals surface area contributed by atoms with Crippen molar-refractivity contribution in [1.82, 2.24) is 14.4 Å². The van der Waals surface area contributed by atoms with E-state index in [1.165, 1.54) is 0 Å². The van der Waals surface area contributed by atoms with Gasteiger partial charge in [0.1, 0.15) is 6.04 Å². The van der Waals surface area contributed by atoms with Crippen molar-refractivity contribution in [1.29, 1.82) is 0 Å². The second kappa shape index (κ2) is 9.23. The largest absolute Gasteiger partial charge is 0.383 e. The number of aromatic nitrogens is 1. The van der Waals surface area contributed by atoms with Gasteiger partial charge in [0.25, 0.3) is 5.56 Å². The van der Waals surface area contributed by atoms with Crippen LogP contribution in [-0.4, -0.2) is 77.7 Å². The number of amides is 1. The van der Waals surface area contributed by atoms with Crippen molar-refractivity contribution in [2.75, 3.05) is 51.4 Å². The summed E-state index contributed by atoms with van der Waals surface area (Å²) in [5, 5.41) is 0. The molecule has 1 amide bonds. The van der Waals surface area contributed by atoms with Gasteiger partial charge < -0.3 is 14.5 Å². The minimum absolute atomic E-state index is 0.0342. The van der Waals surface area contributed by atoms with Crippen LogP contribution in [0.15, 0.2) is 23.0 Å². The van der Waals surface area contributed by atoms with Crippen LogP contribution in [0, 0.1) is 5.92 Å². The van der Waals surface area contributed by atoms with Crippen LogP contribution >= 0.6 is 11.8 Å². The fourth-order valence-corrected chi connectivity index (χ4v) is 6.20. The average molecular weight is 420 g/mol. The van der Waals surface area contributed by atoms with E-state index < -0.39 is 0 Å². The fraction of sp³-hybridized carbons (Fsp3) is 0.727. The maximum Gasteiger partial charge on any atom is 0.251 e. The fourth-order valence-electron chi connectivity index (χ4n) is 5.53. The average Bonchev–Trinajstić information content (AvgIpc) is 3.17. The quantitative estimate of drug-likeness (QED) is 0.634. The van der Waals surface area contributed by atoms with E-state index in [0.717, 1.165) is 62.6 Å². The Kier molecular flexibility index (Phi) is 6.66. The zero-order chi connectivity index (χ0) is 20.4. The standard InChI is InChI=1S/C22H33N3O3S/c1-3-29-11-10-23-13-16-12-17(14-23)21(25-19(16)7-4-8-20(25)26)22(27)24-9-5-6-18(24)15-28-2/h4,7-8,16-18,21H,3,5-6,9-15H2,1-2H3/t16-,17+,18+,21-/m1/s1. The van der Waals surface area contributed by atoms with Gasteiger partial charge in [0.05, 0.1) is 12.6 Å². The van der Waals surface area contributed by atoms with E-state index in [1.54, 1.807) is 13.2 Å². The lowest BCUT2D eigenvalue weighted by Crippen LogP contribution is -2.55. The van der Waals surface area contributed by atoms with Crippen LogP contribution in [0.25, 0.3) is 0 Å². The van der Waals surface area contributed by atoms with E-state index >= 15 is 0 Å².